The summed E-state index contributed by atoms with van der Waals surface area (Å²) >= 11 is 5.47. The molecule has 0 bridgehead atoms. The zero-order valence-corrected chi connectivity index (χ0v) is 11.0. The molecule has 1 unspecified atom stereocenters. The molecule has 1 aromatic carbocycles. The molecule has 1 aliphatic carbocycles. The molecule has 1 heterocycles. The van der Waals surface area contributed by atoms with Gasteiger partial charge >= 0.3 is 0 Å². The van der Waals surface area contributed by atoms with Gasteiger partial charge in [-0.3, -0.25) is 0 Å². The van der Waals surface area contributed by atoms with Gasteiger partial charge in [0.2, 0.25) is 0 Å². The lowest BCUT2D eigenvalue weighted by Crippen LogP contribution is -2.14. The molecule has 2 aromatic rings. The maximum absolute atomic E-state index is 5.47. The molecule has 0 radical (unpaired) electrons. The Labute approximate surface area is 107 Å². The van der Waals surface area contributed by atoms with Crippen molar-refractivity contribution in [3.63, 3.8) is 0 Å². The van der Waals surface area contributed by atoms with Gasteiger partial charge in [-0.05, 0) is 50.0 Å². The first-order chi connectivity index (χ1) is 8.27. The summed E-state index contributed by atoms with van der Waals surface area (Å²) in [7, 11) is 0. The highest BCUT2D eigenvalue weighted by Gasteiger charge is 2.24. The fourth-order valence-electron chi connectivity index (χ4n) is 3.13. The number of rotatable bonds is 2. The van der Waals surface area contributed by atoms with Gasteiger partial charge in [0.1, 0.15) is 0 Å². The predicted molar refractivity (Wildman–Crippen MR) is 73.8 cm³/mol. The van der Waals surface area contributed by atoms with Crippen molar-refractivity contribution in [3.05, 3.63) is 29.0 Å². The predicted octanol–water partition coefficient (Wildman–Crippen LogP) is 4.45. The molecule has 0 aliphatic heterocycles. The summed E-state index contributed by atoms with van der Waals surface area (Å²) in [5.41, 5.74) is 2.40. The topological polar surface area (TPSA) is 20.7 Å². The van der Waals surface area contributed by atoms with E-state index in [1.807, 2.05) is 0 Å². The van der Waals surface area contributed by atoms with Crippen LogP contribution in [0.2, 0.25) is 0 Å². The lowest BCUT2D eigenvalue weighted by molar-refractivity contribution is 0.365. The van der Waals surface area contributed by atoms with Crippen molar-refractivity contribution >= 4 is 23.3 Å². The van der Waals surface area contributed by atoms with Gasteiger partial charge in [0, 0.05) is 6.04 Å². The van der Waals surface area contributed by atoms with E-state index in [1.165, 1.54) is 31.2 Å². The van der Waals surface area contributed by atoms with Gasteiger partial charge in [-0.25, -0.2) is 0 Å². The van der Waals surface area contributed by atoms with Crippen LogP contribution in [0.1, 0.15) is 38.6 Å². The van der Waals surface area contributed by atoms with E-state index in [0.29, 0.717) is 6.04 Å². The molecule has 0 amide bonds. The average molecular weight is 246 g/mol. The van der Waals surface area contributed by atoms with E-state index in [2.05, 4.69) is 40.7 Å². The summed E-state index contributed by atoms with van der Waals surface area (Å²) < 4.78 is 3.17. The van der Waals surface area contributed by atoms with Crippen LogP contribution in [0, 0.1) is 10.7 Å². The Hall–Kier alpha value is -1.09. The van der Waals surface area contributed by atoms with Gasteiger partial charge in [-0.1, -0.05) is 25.0 Å². The SMILES string of the molecule is CC(C1CCCC1)n1c(=S)[nH]c2ccccc21. The number of nitrogens with zero attached hydrogens (tertiary/aromatic N) is 1. The second-order valence-corrected chi connectivity index (χ2v) is 5.49. The molecule has 0 spiro atoms. The molecule has 1 aliphatic rings. The first-order valence-electron chi connectivity index (χ1n) is 6.46. The minimum atomic E-state index is 0.515. The Morgan fingerprint density at radius 3 is 2.76 bits per heavy atom. The number of hydrogen-bond acceptors (Lipinski definition) is 1. The maximum Gasteiger partial charge on any atom is 0.178 e. The molecule has 1 aromatic heterocycles. The summed E-state index contributed by atoms with van der Waals surface area (Å²) in [6.07, 6.45) is 5.46. The van der Waals surface area contributed by atoms with E-state index < -0.39 is 0 Å². The van der Waals surface area contributed by atoms with E-state index in [-0.39, 0.29) is 0 Å². The van der Waals surface area contributed by atoms with Gasteiger partial charge in [0.25, 0.3) is 0 Å². The highest BCUT2D eigenvalue weighted by Crippen LogP contribution is 2.35. The van der Waals surface area contributed by atoms with Crippen LogP contribution in [-0.2, 0) is 0 Å². The Morgan fingerprint density at radius 2 is 2.00 bits per heavy atom. The number of benzene rings is 1. The molecule has 2 nitrogen and oxygen atoms in total. The van der Waals surface area contributed by atoms with Gasteiger partial charge in [0.05, 0.1) is 11.0 Å². The molecular formula is C14H18N2S. The summed E-state index contributed by atoms with van der Waals surface area (Å²) in [5.74, 6) is 0.793. The van der Waals surface area contributed by atoms with E-state index >= 15 is 0 Å². The Bertz CT molecular complexity index is 575. The lowest BCUT2D eigenvalue weighted by atomic mass is 9.99. The highest BCUT2D eigenvalue weighted by atomic mass is 32.1. The fourth-order valence-corrected chi connectivity index (χ4v) is 3.50. The minimum absolute atomic E-state index is 0.515. The van der Waals surface area contributed by atoms with Crippen LogP contribution >= 0.6 is 12.2 Å². The van der Waals surface area contributed by atoms with Gasteiger partial charge < -0.3 is 9.55 Å². The summed E-state index contributed by atoms with van der Waals surface area (Å²) in [6, 6.07) is 8.91. The van der Waals surface area contributed by atoms with Crippen LogP contribution in [0.5, 0.6) is 0 Å². The maximum atomic E-state index is 5.47. The van der Waals surface area contributed by atoms with Crippen LogP contribution in [0.15, 0.2) is 24.3 Å². The van der Waals surface area contributed by atoms with Crippen molar-refractivity contribution in [1.29, 1.82) is 0 Å². The Morgan fingerprint density at radius 1 is 1.29 bits per heavy atom. The van der Waals surface area contributed by atoms with Crippen LogP contribution in [0.4, 0.5) is 0 Å². The molecule has 1 N–H and O–H groups in total. The first kappa shape index (κ1) is 11.0. The molecule has 1 fully saturated rings. The minimum Gasteiger partial charge on any atom is -0.331 e. The van der Waals surface area contributed by atoms with Crippen molar-refractivity contribution in [2.24, 2.45) is 5.92 Å². The number of H-pyrrole nitrogens is 1. The van der Waals surface area contributed by atoms with Crippen molar-refractivity contribution in [2.45, 2.75) is 38.6 Å². The van der Waals surface area contributed by atoms with E-state index in [1.54, 1.807) is 0 Å². The third-order valence-corrected chi connectivity index (χ3v) is 4.41. The third-order valence-electron chi connectivity index (χ3n) is 4.11. The summed E-state index contributed by atoms with van der Waals surface area (Å²) in [6.45, 7) is 2.31. The molecule has 3 heteroatoms. The van der Waals surface area contributed by atoms with Crippen molar-refractivity contribution < 1.29 is 0 Å². The molecule has 0 saturated heterocycles. The number of nitrogens with one attached hydrogen (secondary N) is 1. The van der Waals surface area contributed by atoms with Crippen LogP contribution in [0.25, 0.3) is 11.0 Å². The van der Waals surface area contributed by atoms with Crippen molar-refractivity contribution in [2.75, 3.05) is 0 Å². The average Bonchev–Trinajstić information content (AvgIpc) is 2.94. The second kappa shape index (κ2) is 4.30. The lowest BCUT2D eigenvalue weighted by Gasteiger charge is -2.21. The monoisotopic (exact) mass is 246 g/mol. The normalized spacial score (nSPS) is 18.9. The molecule has 90 valence electrons. The number of aromatic amines is 1. The van der Waals surface area contributed by atoms with Crippen molar-refractivity contribution in [1.82, 2.24) is 9.55 Å². The molecule has 3 rings (SSSR count). The number of imidazole rings is 1. The molecule has 1 saturated carbocycles. The number of para-hydroxylation sites is 2. The van der Waals surface area contributed by atoms with Gasteiger partial charge in [-0.2, -0.15) is 0 Å². The van der Waals surface area contributed by atoms with Crippen LogP contribution in [0.3, 0.4) is 0 Å². The number of aromatic nitrogens is 2. The quantitative estimate of drug-likeness (QED) is 0.776. The van der Waals surface area contributed by atoms with E-state index in [9.17, 15) is 0 Å². The summed E-state index contributed by atoms with van der Waals surface area (Å²) in [4.78, 5) is 3.31. The van der Waals surface area contributed by atoms with Crippen LogP contribution < -0.4 is 0 Å². The standard InChI is InChI=1S/C14H18N2S/c1-10(11-6-2-3-7-11)16-13-9-5-4-8-12(13)15-14(16)17/h4-5,8-11H,2-3,6-7H2,1H3,(H,15,17). The van der Waals surface area contributed by atoms with E-state index in [4.69, 9.17) is 12.2 Å². The van der Waals surface area contributed by atoms with Gasteiger partial charge in [-0.15, -0.1) is 0 Å². The van der Waals surface area contributed by atoms with E-state index in [0.717, 1.165) is 16.2 Å². The molecular weight excluding hydrogens is 228 g/mol. The highest BCUT2D eigenvalue weighted by molar-refractivity contribution is 7.71. The molecule has 1 atom stereocenters. The molecule has 17 heavy (non-hydrogen) atoms. The third kappa shape index (κ3) is 1.82. The van der Waals surface area contributed by atoms with Crippen LogP contribution in [-0.4, -0.2) is 9.55 Å². The fraction of sp³-hybridized carbons (Fsp3) is 0.500. The Balaban J connectivity index is 2.09. The largest absolute Gasteiger partial charge is 0.331 e. The number of hydrogen-bond donors (Lipinski definition) is 1. The summed E-state index contributed by atoms with van der Waals surface area (Å²) in [5, 5.41) is 0. The number of fused-ring (bicyclic) bond motifs is 1. The zero-order chi connectivity index (χ0) is 11.8. The zero-order valence-electron chi connectivity index (χ0n) is 10.1. The Kier molecular flexibility index (Phi) is 2.79. The first-order valence-corrected chi connectivity index (χ1v) is 6.87. The van der Waals surface area contributed by atoms with Crippen molar-refractivity contribution in [3.8, 4) is 0 Å². The second-order valence-electron chi connectivity index (χ2n) is 5.10. The smallest absolute Gasteiger partial charge is 0.178 e. The van der Waals surface area contributed by atoms with Gasteiger partial charge in [0.15, 0.2) is 4.77 Å².